The van der Waals surface area contributed by atoms with E-state index in [1.165, 1.54) is 28.6 Å². The predicted molar refractivity (Wildman–Crippen MR) is 69.2 cm³/mol. The molecule has 0 unspecified atom stereocenters. The summed E-state index contributed by atoms with van der Waals surface area (Å²) in [6, 6.07) is 5.79. The molecule has 1 N–H and O–H groups in total. The standard InChI is InChI=1S/C11H12FN5OS/c1-17-11(14-15-16-17)19-6-5-10(18)13-9-4-2-3-8(12)7-9/h2-4,7H,5-6H2,1H3,(H,13,18). The lowest BCUT2D eigenvalue weighted by molar-refractivity contribution is -0.115. The Kier molecular flexibility index (Phi) is 4.45. The summed E-state index contributed by atoms with van der Waals surface area (Å²) in [4.78, 5) is 11.6. The van der Waals surface area contributed by atoms with Gasteiger partial charge in [0.1, 0.15) is 5.82 Å². The van der Waals surface area contributed by atoms with E-state index in [-0.39, 0.29) is 11.7 Å². The fourth-order valence-corrected chi connectivity index (χ4v) is 2.16. The molecule has 0 atom stereocenters. The molecule has 19 heavy (non-hydrogen) atoms. The third-order valence-electron chi connectivity index (χ3n) is 2.25. The van der Waals surface area contributed by atoms with E-state index >= 15 is 0 Å². The van der Waals surface area contributed by atoms with Crippen LogP contribution in [0.5, 0.6) is 0 Å². The second-order valence-electron chi connectivity index (χ2n) is 3.74. The highest BCUT2D eigenvalue weighted by Gasteiger charge is 2.06. The second kappa shape index (κ2) is 6.28. The summed E-state index contributed by atoms with van der Waals surface area (Å²) in [5, 5.41) is 14.3. The second-order valence-corrected chi connectivity index (χ2v) is 4.80. The molecule has 1 aromatic heterocycles. The molecule has 2 rings (SSSR count). The lowest BCUT2D eigenvalue weighted by atomic mass is 10.3. The first kappa shape index (κ1) is 13.5. The Labute approximate surface area is 113 Å². The van der Waals surface area contributed by atoms with Gasteiger partial charge in [0.2, 0.25) is 11.1 Å². The van der Waals surface area contributed by atoms with Crippen LogP contribution in [0.25, 0.3) is 0 Å². The van der Waals surface area contributed by atoms with Gasteiger partial charge in [-0.05, 0) is 28.6 Å². The van der Waals surface area contributed by atoms with Gasteiger partial charge in [0.05, 0.1) is 0 Å². The van der Waals surface area contributed by atoms with Crippen LogP contribution in [0.1, 0.15) is 6.42 Å². The molecule has 1 amide bonds. The van der Waals surface area contributed by atoms with E-state index in [1.807, 2.05) is 0 Å². The molecule has 0 bridgehead atoms. The minimum absolute atomic E-state index is 0.173. The highest BCUT2D eigenvalue weighted by atomic mass is 32.2. The van der Waals surface area contributed by atoms with E-state index in [4.69, 9.17) is 0 Å². The van der Waals surface area contributed by atoms with Gasteiger partial charge in [-0.2, -0.15) is 0 Å². The number of hydrogen-bond acceptors (Lipinski definition) is 5. The summed E-state index contributed by atoms with van der Waals surface area (Å²) < 4.78 is 14.5. The Balaban J connectivity index is 1.77. The molecule has 0 aliphatic rings. The van der Waals surface area contributed by atoms with Gasteiger partial charge in [0.25, 0.3) is 0 Å². The molecule has 0 fully saturated rings. The Morgan fingerprint density at radius 3 is 3.05 bits per heavy atom. The van der Waals surface area contributed by atoms with Gasteiger partial charge in [-0.15, -0.1) is 5.10 Å². The van der Waals surface area contributed by atoms with Gasteiger partial charge in [0.15, 0.2) is 0 Å². The van der Waals surface area contributed by atoms with Crippen LogP contribution in [0.3, 0.4) is 0 Å². The van der Waals surface area contributed by atoms with Crippen molar-refractivity contribution in [3.05, 3.63) is 30.1 Å². The lowest BCUT2D eigenvalue weighted by Gasteiger charge is -2.04. The van der Waals surface area contributed by atoms with Crippen molar-refractivity contribution in [2.24, 2.45) is 7.05 Å². The van der Waals surface area contributed by atoms with Crippen molar-refractivity contribution in [2.75, 3.05) is 11.1 Å². The average molecular weight is 281 g/mol. The zero-order valence-corrected chi connectivity index (χ0v) is 11.0. The van der Waals surface area contributed by atoms with Gasteiger partial charge in [-0.25, -0.2) is 9.07 Å². The van der Waals surface area contributed by atoms with E-state index in [9.17, 15) is 9.18 Å². The molecular weight excluding hydrogens is 269 g/mol. The number of carbonyl (C=O) groups excluding carboxylic acids is 1. The molecule has 1 aromatic carbocycles. The predicted octanol–water partition coefficient (Wildman–Crippen LogP) is 1.47. The summed E-state index contributed by atoms with van der Waals surface area (Å²) in [7, 11) is 1.73. The number of hydrogen-bond donors (Lipinski definition) is 1. The number of nitrogens with one attached hydrogen (secondary N) is 1. The Bertz CT molecular complexity index is 574. The highest BCUT2D eigenvalue weighted by Crippen LogP contribution is 2.14. The van der Waals surface area contributed by atoms with E-state index < -0.39 is 0 Å². The van der Waals surface area contributed by atoms with Crippen molar-refractivity contribution < 1.29 is 9.18 Å². The molecule has 0 saturated carbocycles. The van der Waals surface area contributed by atoms with Gasteiger partial charge in [0, 0.05) is 24.9 Å². The number of aryl methyl sites for hydroxylation is 1. The van der Waals surface area contributed by atoms with Crippen molar-refractivity contribution >= 4 is 23.4 Å². The van der Waals surface area contributed by atoms with E-state index in [1.54, 1.807) is 19.2 Å². The van der Waals surface area contributed by atoms with E-state index in [0.29, 0.717) is 23.0 Å². The summed E-state index contributed by atoms with van der Waals surface area (Å²) in [5.41, 5.74) is 0.454. The van der Waals surface area contributed by atoms with Crippen LogP contribution >= 0.6 is 11.8 Å². The Hall–Kier alpha value is -1.96. The van der Waals surface area contributed by atoms with Gasteiger partial charge < -0.3 is 5.32 Å². The average Bonchev–Trinajstić information content (AvgIpc) is 2.75. The monoisotopic (exact) mass is 281 g/mol. The normalized spacial score (nSPS) is 10.4. The number of aromatic nitrogens is 4. The van der Waals surface area contributed by atoms with Gasteiger partial charge in [-0.1, -0.05) is 17.8 Å². The minimum Gasteiger partial charge on any atom is -0.326 e. The summed E-state index contributed by atoms with van der Waals surface area (Å²) >= 11 is 1.39. The van der Waals surface area contributed by atoms with Crippen LogP contribution in [0, 0.1) is 5.82 Å². The number of carbonyl (C=O) groups is 1. The quantitative estimate of drug-likeness (QED) is 0.840. The molecule has 6 nitrogen and oxygen atoms in total. The minimum atomic E-state index is -0.377. The molecule has 2 aromatic rings. The van der Waals surface area contributed by atoms with Crippen LogP contribution in [0.15, 0.2) is 29.4 Å². The maximum absolute atomic E-state index is 12.9. The maximum atomic E-state index is 12.9. The molecule has 0 aliphatic carbocycles. The molecular formula is C11H12FN5OS. The lowest BCUT2D eigenvalue weighted by Crippen LogP contribution is -2.12. The van der Waals surface area contributed by atoms with Crippen LogP contribution in [0.4, 0.5) is 10.1 Å². The Morgan fingerprint density at radius 1 is 1.53 bits per heavy atom. The molecule has 0 radical (unpaired) electrons. The molecule has 1 heterocycles. The zero-order chi connectivity index (χ0) is 13.7. The number of amides is 1. The smallest absolute Gasteiger partial charge is 0.225 e. The first-order valence-corrected chi connectivity index (χ1v) is 6.54. The number of rotatable bonds is 5. The number of tetrazole rings is 1. The highest BCUT2D eigenvalue weighted by molar-refractivity contribution is 7.99. The molecule has 100 valence electrons. The number of nitrogens with zero attached hydrogens (tertiary/aromatic N) is 4. The third kappa shape index (κ3) is 4.02. The first-order chi connectivity index (χ1) is 9.15. The van der Waals surface area contributed by atoms with Crippen molar-refractivity contribution in [1.82, 2.24) is 20.2 Å². The Morgan fingerprint density at radius 2 is 2.37 bits per heavy atom. The molecule has 0 spiro atoms. The number of anilines is 1. The first-order valence-electron chi connectivity index (χ1n) is 5.56. The largest absolute Gasteiger partial charge is 0.326 e. The van der Waals surface area contributed by atoms with Gasteiger partial charge in [-0.3, -0.25) is 4.79 Å². The molecule has 8 heteroatoms. The zero-order valence-electron chi connectivity index (χ0n) is 10.2. The van der Waals surface area contributed by atoms with Crippen molar-refractivity contribution in [1.29, 1.82) is 0 Å². The van der Waals surface area contributed by atoms with Crippen LogP contribution in [-0.2, 0) is 11.8 Å². The summed E-state index contributed by atoms with van der Waals surface area (Å²) in [6.45, 7) is 0. The molecule has 0 saturated heterocycles. The summed E-state index contributed by atoms with van der Waals surface area (Å²) in [6.07, 6.45) is 0.300. The van der Waals surface area contributed by atoms with E-state index in [2.05, 4.69) is 20.8 Å². The number of benzene rings is 1. The van der Waals surface area contributed by atoms with Gasteiger partial charge >= 0.3 is 0 Å². The fraction of sp³-hybridized carbons (Fsp3) is 0.273. The van der Waals surface area contributed by atoms with Crippen molar-refractivity contribution in [3.8, 4) is 0 Å². The van der Waals surface area contributed by atoms with Crippen LogP contribution in [-0.4, -0.2) is 31.9 Å². The van der Waals surface area contributed by atoms with Crippen molar-refractivity contribution in [2.45, 2.75) is 11.6 Å². The number of halogens is 1. The maximum Gasteiger partial charge on any atom is 0.225 e. The number of thioether (sulfide) groups is 1. The van der Waals surface area contributed by atoms with Crippen molar-refractivity contribution in [3.63, 3.8) is 0 Å². The SMILES string of the molecule is Cn1nnnc1SCCC(=O)Nc1cccc(F)c1. The summed E-state index contributed by atoms with van der Waals surface area (Å²) in [5.74, 6) is 0.000549. The fourth-order valence-electron chi connectivity index (χ4n) is 1.37. The van der Waals surface area contributed by atoms with Crippen LogP contribution in [0.2, 0.25) is 0 Å². The third-order valence-corrected chi connectivity index (χ3v) is 3.26. The van der Waals surface area contributed by atoms with E-state index in [0.717, 1.165) is 0 Å². The van der Waals surface area contributed by atoms with Crippen LogP contribution < -0.4 is 5.32 Å². The topological polar surface area (TPSA) is 72.7 Å². The molecule has 0 aliphatic heterocycles.